The van der Waals surface area contributed by atoms with E-state index in [0.29, 0.717) is 16.4 Å². The second-order valence-electron chi connectivity index (χ2n) is 4.86. The molecule has 0 atom stereocenters. The summed E-state index contributed by atoms with van der Waals surface area (Å²) in [7, 11) is -3.70. The number of anilines is 2. The summed E-state index contributed by atoms with van der Waals surface area (Å²) in [6.45, 7) is 3.42. The molecule has 0 aliphatic heterocycles. The third kappa shape index (κ3) is 4.03. The molecule has 0 saturated heterocycles. The Morgan fingerprint density at radius 1 is 1.17 bits per heavy atom. The monoisotopic (exact) mass is 352 g/mol. The number of sulfonamides is 1. The number of hydrogen-bond donors (Lipinski definition) is 1. The lowest BCUT2D eigenvalue weighted by Gasteiger charge is -2.23. The highest BCUT2D eigenvalue weighted by molar-refractivity contribution is 7.92. The summed E-state index contributed by atoms with van der Waals surface area (Å²) in [5.74, 6) is -0.213. The summed E-state index contributed by atoms with van der Waals surface area (Å²) in [6, 6.07) is 12.7. The number of amides is 1. The molecule has 2 aromatic rings. The number of carbonyl (C=O) groups is 1. The lowest BCUT2D eigenvalue weighted by atomic mass is 10.3. The van der Waals surface area contributed by atoms with Crippen LogP contribution in [-0.2, 0) is 14.8 Å². The van der Waals surface area contributed by atoms with Crippen LogP contribution in [0.1, 0.15) is 13.8 Å². The van der Waals surface area contributed by atoms with Crippen molar-refractivity contribution in [3.8, 4) is 0 Å². The lowest BCUT2D eigenvalue weighted by molar-refractivity contribution is -0.114. The lowest BCUT2D eigenvalue weighted by Crippen LogP contribution is -2.30. The average Bonchev–Trinajstić information content (AvgIpc) is 2.47. The summed E-state index contributed by atoms with van der Waals surface area (Å²) in [6.07, 6.45) is 0. The largest absolute Gasteiger partial charge is 0.326 e. The van der Waals surface area contributed by atoms with Gasteiger partial charge >= 0.3 is 0 Å². The number of rotatable bonds is 5. The first-order valence-electron chi connectivity index (χ1n) is 7.00. The number of carbonyl (C=O) groups excluding carboxylic acids is 1. The SMILES string of the molecule is CCN(c1cccc(Cl)c1)S(=O)(=O)c1ccc(NC(C)=O)cc1. The Bertz CT molecular complexity index is 804. The predicted octanol–water partition coefficient (Wildman–Crippen LogP) is 3.51. The maximum absolute atomic E-state index is 12.8. The van der Waals surface area contributed by atoms with Crippen molar-refractivity contribution in [3.05, 3.63) is 53.6 Å². The molecule has 1 amide bonds. The molecule has 0 bridgehead atoms. The van der Waals surface area contributed by atoms with Gasteiger partial charge in [-0.3, -0.25) is 9.10 Å². The molecule has 0 unspecified atom stereocenters. The van der Waals surface area contributed by atoms with Crippen molar-refractivity contribution in [1.29, 1.82) is 0 Å². The molecular formula is C16H17ClN2O3S. The summed E-state index contributed by atoms with van der Waals surface area (Å²) in [5, 5.41) is 3.07. The highest BCUT2D eigenvalue weighted by atomic mass is 35.5. The molecule has 0 aliphatic carbocycles. The van der Waals surface area contributed by atoms with Crippen molar-refractivity contribution in [3.63, 3.8) is 0 Å². The Morgan fingerprint density at radius 3 is 2.35 bits per heavy atom. The van der Waals surface area contributed by atoms with Gasteiger partial charge in [-0.1, -0.05) is 17.7 Å². The summed E-state index contributed by atoms with van der Waals surface area (Å²) in [4.78, 5) is 11.2. The minimum absolute atomic E-state index is 0.147. The Labute approximate surface area is 140 Å². The average molecular weight is 353 g/mol. The second-order valence-corrected chi connectivity index (χ2v) is 7.15. The van der Waals surface area contributed by atoms with Crippen molar-refractivity contribution in [2.24, 2.45) is 0 Å². The molecule has 23 heavy (non-hydrogen) atoms. The highest BCUT2D eigenvalue weighted by Gasteiger charge is 2.23. The van der Waals surface area contributed by atoms with E-state index in [1.54, 1.807) is 43.3 Å². The van der Waals surface area contributed by atoms with Gasteiger partial charge in [0.2, 0.25) is 5.91 Å². The molecule has 7 heteroatoms. The molecule has 0 aliphatic rings. The van der Waals surface area contributed by atoms with E-state index < -0.39 is 10.0 Å². The van der Waals surface area contributed by atoms with Gasteiger partial charge in [0.05, 0.1) is 10.6 Å². The molecule has 122 valence electrons. The molecule has 0 fully saturated rings. The topological polar surface area (TPSA) is 66.5 Å². The number of benzene rings is 2. The molecule has 2 rings (SSSR count). The van der Waals surface area contributed by atoms with Crippen LogP contribution in [0.3, 0.4) is 0 Å². The molecule has 0 spiro atoms. The van der Waals surface area contributed by atoms with Crippen molar-refractivity contribution >= 4 is 38.9 Å². The van der Waals surface area contributed by atoms with E-state index in [1.807, 2.05) is 0 Å². The van der Waals surface area contributed by atoms with Gasteiger partial charge in [-0.2, -0.15) is 0 Å². The van der Waals surface area contributed by atoms with Gasteiger partial charge in [0.25, 0.3) is 10.0 Å². The molecule has 5 nitrogen and oxygen atoms in total. The molecule has 0 saturated carbocycles. The number of nitrogens with zero attached hydrogens (tertiary/aromatic N) is 1. The Kier molecular flexibility index (Phi) is 5.28. The van der Waals surface area contributed by atoms with Crippen molar-refractivity contribution in [1.82, 2.24) is 0 Å². The number of hydrogen-bond acceptors (Lipinski definition) is 3. The van der Waals surface area contributed by atoms with Crippen LogP contribution in [0.4, 0.5) is 11.4 Å². The molecule has 2 aromatic carbocycles. The summed E-state index contributed by atoms with van der Waals surface area (Å²) >= 11 is 5.95. The van der Waals surface area contributed by atoms with Gasteiger partial charge in [0, 0.05) is 24.2 Å². The van der Waals surface area contributed by atoms with Gasteiger partial charge in [-0.25, -0.2) is 8.42 Å². The van der Waals surface area contributed by atoms with E-state index in [4.69, 9.17) is 11.6 Å². The van der Waals surface area contributed by atoms with Crippen molar-refractivity contribution < 1.29 is 13.2 Å². The van der Waals surface area contributed by atoms with Crippen molar-refractivity contribution in [2.45, 2.75) is 18.7 Å². The zero-order valence-corrected chi connectivity index (χ0v) is 14.4. The van der Waals surface area contributed by atoms with Gasteiger partial charge in [0.1, 0.15) is 0 Å². The fraction of sp³-hybridized carbons (Fsp3) is 0.188. The van der Waals surface area contributed by atoms with Crippen LogP contribution >= 0.6 is 11.6 Å². The third-order valence-electron chi connectivity index (χ3n) is 3.15. The molecule has 1 N–H and O–H groups in total. The van der Waals surface area contributed by atoms with Crippen LogP contribution in [0, 0.1) is 0 Å². The Balaban J connectivity index is 2.37. The predicted molar refractivity (Wildman–Crippen MR) is 92.4 cm³/mol. The first-order chi connectivity index (χ1) is 10.8. The standard InChI is InChI=1S/C16H17ClN2O3S/c1-3-19(15-6-4-5-13(17)11-15)23(21,22)16-9-7-14(8-10-16)18-12(2)20/h4-11H,3H2,1-2H3,(H,18,20). The van der Waals surface area contributed by atoms with Crippen molar-refractivity contribution in [2.75, 3.05) is 16.2 Å². The quantitative estimate of drug-likeness (QED) is 0.895. The molecule has 0 aromatic heterocycles. The maximum Gasteiger partial charge on any atom is 0.264 e. The fourth-order valence-corrected chi connectivity index (χ4v) is 3.81. The van der Waals surface area contributed by atoms with Crippen LogP contribution in [-0.4, -0.2) is 20.9 Å². The van der Waals surface area contributed by atoms with Gasteiger partial charge in [0.15, 0.2) is 0 Å². The van der Waals surface area contributed by atoms with E-state index in [1.165, 1.54) is 23.4 Å². The third-order valence-corrected chi connectivity index (χ3v) is 5.30. The van der Waals surface area contributed by atoms with Gasteiger partial charge in [-0.15, -0.1) is 0 Å². The smallest absolute Gasteiger partial charge is 0.264 e. The van der Waals surface area contributed by atoms with E-state index in [2.05, 4.69) is 5.32 Å². The minimum atomic E-state index is -3.70. The molecule has 0 heterocycles. The number of halogens is 1. The van der Waals surface area contributed by atoms with E-state index in [0.717, 1.165) is 0 Å². The first kappa shape index (κ1) is 17.3. The summed E-state index contributed by atoms with van der Waals surface area (Å²) in [5.41, 5.74) is 1.05. The maximum atomic E-state index is 12.8. The number of nitrogens with one attached hydrogen (secondary N) is 1. The molecule has 0 radical (unpaired) electrons. The second kappa shape index (κ2) is 7.02. The van der Waals surface area contributed by atoms with E-state index >= 15 is 0 Å². The van der Waals surface area contributed by atoms with Crippen LogP contribution in [0.15, 0.2) is 53.4 Å². The highest BCUT2D eigenvalue weighted by Crippen LogP contribution is 2.26. The van der Waals surface area contributed by atoms with Crippen LogP contribution in [0.5, 0.6) is 0 Å². The summed E-state index contributed by atoms with van der Waals surface area (Å²) < 4.78 is 26.9. The van der Waals surface area contributed by atoms with Crippen LogP contribution < -0.4 is 9.62 Å². The first-order valence-corrected chi connectivity index (χ1v) is 8.82. The zero-order chi connectivity index (χ0) is 17.0. The van der Waals surface area contributed by atoms with E-state index in [-0.39, 0.29) is 17.3 Å². The van der Waals surface area contributed by atoms with Gasteiger partial charge in [-0.05, 0) is 49.4 Å². The minimum Gasteiger partial charge on any atom is -0.326 e. The normalized spacial score (nSPS) is 11.1. The van der Waals surface area contributed by atoms with Crippen LogP contribution in [0.25, 0.3) is 0 Å². The fourth-order valence-electron chi connectivity index (χ4n) is 2.16. The van der Waals surface area contributed by atoms with Crippen LogP contribution in [0.2, 0.25) is 5.02 Å². The molecular weight excluding hydrogens is 336 g/mol. The van der Waals surface area contributed by atoms with E-state index in [9.17, 15) is 13.2 Å². The Hall–Kier alpha value is -2.05. The van der Waals surface area contributed by atoms with Gasteiger partial charge < -0.3 is 5.32 Å². The zero-order valence-electron chi connectivity index (χ0n) is 12.8. The Morgan fingerprint density at radius 2 is 1.83 bits per heavy atom.